The summed E-state index contributed by atoms with van der Waals surface area (Å²) in [5.41, 5.74) is 1.26. The van der Waals surface area contributed by atoms with E-state index in [-0.39, 0.29) is 5.75 Å². The Bertz CT molecular complexity index is 808. The molecule has 0 bridgehead atoms. The number of aromatic hydroxyl groups is 1. The molecule has 0 aliphatic rings. The average Bonchev–Trinajstić information content (AvgIpc) is 2.57. The zero-order valence-electron chi connectivity index (χ0n) is 14.1. The van der Waals surface area contributed by atoms with E-state index in [0.717, 1.165) is 0 Å². The second-order valence-electron chi connectivity index (χ2n) is 5.53. The fourth-order valence-electron chi connectivity index (χ4n) is 2.29. The molecule has 7 heteroatoms. The number of anilines is 1. The minimum absolute atomic E-state index is 0.0246. The van der Waals surface area contributed by atoms with Crippen molar-refractivity contribution in [2.45, 2.75) is 19.9 Å². The Morgan fingerprint density at radius 3 is 2.52 bits per heavy atom. The number of carbonyl (C=O) groups is 2. The van der Waals surface area contributed by atoms with Crippen LogP contribution in [0.15, 0.2) is 36.4 Å². The normalized spacial score (nSPS) is 11.5. The third-order valence-corrected chi connectivity index (χ3v) is 3.69. The number of phenolic OH excluding ortho intramolecular Hbond substituents is 1. The summed E-state index contributed by atoms with van der Waals surface area (Å²) in [6, 6.07) is 7.80. The van der Waals surface area contributed by atoms with Crippen LogP contribution in [-0.4, -0.2) is 24.0 Å². The molecule has 2 aromatic carbocycles. The molecule has 0 saturated carbocycles. The van der Waals surface area contributed by atoms with Crippen molar-refractivity contribution in [3.8, 4) is 11.5 Å². The van der Waals surface area contributed by atoms with Gasteiger partial charge >= 0.3 is 11.8 Å². The van der Waals surface area contributed by atoms with Crippen molar-refractivity contribution in [1.29, 1.82) is 0 Å². The lowest BCUT2D eigenvalue weighted by molar-refractivity contribution is -0.136. The fourth-order valence-corrected chi connectivity index (χ4v) is 2.29. The first-order chi connectivity index (χ1) is 11.8. The van der Waals surface area contributed by atoms with Crippen LogP contribution in [0.4, 0.5) is 10.1 Å². The molecule has 25 heavy (non-hydrogen) atoms. The van der Waals surface area contributed by atoms with Crippen LogP contribution in [-0.2, 0) is 9.59 Å². The van der Waals surface area contributed by atoms with Gasteiger partial charge in [0.2, 0.25) is 0 Å². The molecule has 0 spiro atoms. The molecule has 6 nitrogen and oxygen atoms in total. The van der Waals surface area contributed by atoms with Gasteiger partial charge in [-0.1, -0.05) is 0 Å². The topological polar surface area (TPSA) is 87.7 Å². The highest BCUT2D eigenvalue weighted by molar-refractivity contribution is 6.39. The molecule has 0 aromatic heterocycles. The molecule has 0 aliphatic carbocycles. The zero-order chi connectivity index (χ0) is 18.6. The van der Waals surface area contributed by atoms with Gasteiger partial charge in [0, 0.05) is 11.3 Å². The number of methoxy groups -OCH3 is 1. The number of halogens is 1. The number of rotatable bonds is 4. The monoisotopic (exact) mass is 346 g/mol. The van der Waals surface area contributed by atoms with Crippen LogP contribution in [0.5, 0.6) is 11.5 Å². The lowest BCUT2D eigenvalue weighted by atomic mass is 10.1. The van der Waals surface area contributed by atoms with E-state index in [1.54, 1.807) is 26.0 Å². The standard InChI is InChI=1S/C18H19FN2O4/c1-10-8-12(19)4-6-15(10)21-18(24)17(23)20-11(2)14-9-13(25-3)5-7-16(14)22/h4-9,11,22H,1-3H3,(H,20,23)(H,21,24)/t11-/m1/s1. The number of ether oxygens (including phenoxy) is 1. The molecule has 2 aromatic rings. The Morgan fingerprint density at radius 2 is 1.88 bits per heavy atom. The van der Waals surface area contributed by atoms with Crippen molar-refractivity contribution in [2.24, 2.45) is 0 Å². The first-order valence-electron chi connectivity index (χ1n) is 7.56. The van der Waals surface area contributed by atoms with E-state index in [9.17, 15) is 19.1 Å². The van der Waals surface area contributed by atoms with E-state index < -0.39 is 23.7 Å². The largest absolute Gasteiger partial charge is 0.508 e. The first-order valence-corrected chi connectivity index (χ1v) is 7.56. The van der Waals surface area contributed by atoms with Crippen LogP contribution < -0.4 is 15.4 Å². The molecule has 2 amide bonds. The van der Waals surface area contributed by atoms with Crippen LogP contribution in [0, 0.1) is 12.7 Å². The van der Waals surface area contributed by atoms with E-state index in [4.69, 9.17) is 4.74 Å². The summed E-state index contributed by atoms with van der Waals surface area (Å²) in [6.45, 7) is 3.25. The highest BCUT2D eigenvalue weighted by atomic mass is 19.1. The second-order valence-corrected chi connectivity index (χ2v) is 5.53. The molecular formula is C18H19FN2O4. The van der Waals surface area contributed by atoms with Crippen molar-refractivity contribution in [2.75, 3.05) is 12.4 Å². The third kappa shape index (κ3) is 4.47. The molecule has 0 heterocycles. The number of hydrogen-bond acceptors (Lipinski definition) is 4. The Labute approximate surface area is 144 Å². The van der Waals surface area contributed by atoms with E-state index in [1.807, 2.05) is 0 Å². The number of aryl methyl sites for hydroxylation is 1. The van der Waals surface area contributed by atoms with E-state index in [0.29, 0.717) is 22.6 Å². The van der Waals surface area contributed by atoms with Gasteiger partial charge in [0.1, 0.15) is 17.3 Å². The summed E-state index contributed by atoms with van der Waals surface area (Å²) in [6.07, 6.45) is 0. The van der Waals surface area contributed by atoms with Gasteiger partial charge in [-0.15, -0.1) is 0 Å². The van der Waals surface area contributed by atoms with Gasteiger partial charge in [-0.25, -0.2) is 4.39 Å². The zero-order valence-corrected chi connectivity index (χ0v) is 14.1. The molecule has 0 aliphatic heterocycles. The van der Waals surface area contributed by atoms with Gasteiger partial charge in [-0.2, -0.15) is 0 Å². The van der Waals surface area contributed by atoms with Crippen molar-refractivity contribution in [1.82, 2.24) is 5.32 Å². The molecular weight excluding hydrogens is 327 g/mol. The van der Waals surface area contributed by atoms with E-state index in [2.05, 4.69) is 10.6 Å². The third-order valence-electron chi connectivity index (χ3n) is 3.69. The molecule has 0 radical (unpaired) electrons. The maximum absolute atomic E-state index is 13.1. The van der Waals surface area contributed by atoms with Crippen molar-refractivity contribution < 1.29 is 23.8 Å². The van der Waals surface area contributed by atoms with E-state index >= 15 is 0 Å². The molecule has 132 valence electrons. The number of phenols is 1. The smallest absolute Gasteiger partial charge is 0.313 e. The number of benzene rings is 2. The van der Waals surface area contributed by atoms with Gasteiger partial charge in [0.25, 0.3) is 0 Å². The minimum atomic E-state index is -0.885. The Morgan fingerprint density at radius 1 is 1.16 bits per heavy atom. The van der Waals surface area contributed by atoms with E-state index in [1.165, 1.54) is 31.4 Å². The number of carbonyl (C=O) groups excluding carboxylic acids is 2. The van der Waals surface area contributed by atoms with Gasteiger partial charge in [0.15, 0.2) is 0 Å². The summed E-state index contributed by atoms with van der Waals surface area (Å²) >= 11 is 0. The molecule has 3 N–H and O–H groups in total. The lowest BCUT2D eigenvalue weighted by Crippen LogP contribution is -2.37. The fraction of sp³-hybridized carbons (Fsp3) is 0.222. The number of amides is 2. The Hall–Kier alpha value is -3.09. The van der Waals surface area contributed by atoms with Crippen molar-refractivity contribution in [3.05, 3.63) is 53.3 Å². The highest BCUT2D eigenvalue weighted by Gasteiger charge is 2.20. The van der Waals surface area contributed by atoms with Crippen LogP contribution in [0.2, 0.25) is 0 Å². The first kappa shape index (κ1) is 18.3. The van der Waals surface area contributed by atoms with Crippen LogP contribution in [0.3, 0.4) is 0 Å². The minimum Gasteiger partial charge on any atom is -0.508 e. The average molecular weight is 346 g/mol. The molecule has 1 atom stereocenters. The maximum Gasteiger partial charge on any atom is 0.313 e. The molecule has 0 unspecified atom stereocenters. The van der Waals surface area contributed by atoms with Gasteiger partial charge < -0.3 is 20.5 Å². The predicted molar refractivity (Wildman–Crippen MR) is 91.0 cm³/mol. The maximum atomic E-state index is 13.1. The predicted octanol–water partition coefficient (Wildman–Crippen LogP) is 2.66. The van der Waals surface area contributed by atoms with Gasteiger partial charge in [-0.05, 0) is 55.8 Å². The SMILES string of the molecule is COc1ccc(O)c([C@@H](C)NC(=O)C(=O)Nc2ccc(F)cc2C)c1. The second kappa shape index (κ2) is 7.65. The van der Waals surface area contributed by atoms with Gasteiger partial charge in [0.05, 0.1) is 13.2 Å². The van der Waals surface area contributed by atoms with Gasteiger partial charge in [-0.3, -0.25) is 9.59 Å². The highest BCUT2D eigenvalue weighted by Crippen LogP contribution is 2.28. The molecule has 0 saturated heterocycles. The summed E-state index contributed by atoms with van der Waals surface area (Å²) < 4.78 is 18.2. The Kier molecular flexibility index (Phi) is 5.59. The van der Waals surface area contributed by atoms with Crippen LogP contribution in [0.1, 0.15) is 24.1 Å². The van der Waals surface area contributed by atoms with Crippen molar-refractivity contribution >= 4 is 17.5 Å². The number of nitrogens with one attached hydrogen (secondary N) is 2. The summed E-state index contributed by atoms with van der Waals surface area (Å²) in [4.78, 5) is 24.1. The Balaban J connectivity index is 2.06. The molecule has 2 rings (SSSR count). The summed E-state index contributed by atoms with van der Waals surface area (Å²) in [5.74, 6) is -1.70. The quantitative estimate of drug-likeness (QED) is 0.743. The van der Waals surface area contributed by atoms with Crippen LogP contribution in [0.25, 0.3) is 0 Å². The van der Waals surface area contributed by atoms with Crippen LogP contribution >= 0.6 is 0 Å². The summed E-state index contributed by atoms with van der Waals surface area (Å²) in [5, 5.41) is 14.8. The number of hydrogen-bond donors (Lipinski definition) is 3. The summed E-state index contributed by atoms with van der Waals surface area (Å²) in [7, 11) is 1.48. The molecule has 0 fully saturated rings. The lowest BCUT2D eigenvalue weighted by Gasteiger charge is -2.16. The van der Waals surface area contributed by atoms with Crippen molar-refractivity contribution in [3.63, 3.8) is 0 Å².